The van der Waals surface area contributed by atoms with Crippen molar-refractivity contribution < 1.29 is 4.79 Å². The van der Waals surface area contributed by atoms with Gasteiger partial charge in [-0.25, -0.2) is 0 Å². The van der Waals surface area contributed by atoms with Gasteiger partial charge in [-0.3, -0.25) is 9.78 Å². The lowest BCUT2D eigenvalue weighted by Gasteiger charge is -2.08. The van der Waals surface area contributed by atoms with Crippen LogP contribution >= 0.6 is 0 Å². The highest BCUT2D eigenvalue weighted by atomic mass is 16.1. The topological polar surface area (TPSA) is 33.2 Å². The van der Waals surface area contributed by atoms with E-state index in [0.29, 0.717) is 6.54 Å². The molecule has 1 aromatic rings. The molecule has 1 aromatic heterocycles. The van der Waals surface area contributed by atoms with Crippen LogP contribution in [0.5, 0.6) is 0 Å². The molecule has 3 nitrogen and oxygen atoms in total. The molecule has 0 unspecified atom stereocenters. The zero-order valence-corrected chi connectivity index (χ0v) is 10.4. The Morgan fingerprint density at radius 1 is 1.31 bits per heavy atom. The molecule has 16 heavy (non-hydrogen) atoms. The van der Waals surface area contributed by atoms with E-state index in [0.717, 1.165) is 12.0 Å². The summed E-state index contributed by atoms with van der Waals surface area (Å²) in [4.78, 5) is 15.7. The normalized spacial score (nSPS) is 7.06. The quantitative estimate of drug-likeness (QED) is 0.740. The Morgan fingerprint density at radius 2 is 1.88 bits per heavy atom. The van der Waals surface area contributed by atoms with Crippen LogP contribution in [0.3, 0.4) is 0 Å². The Bertz CT molecular complexity index is 225. The second-order valence-corrected chi connectivity index (χ2v) is 2.38. The molecular weight excluding hydrogens is 200 g/mol. The summed E-state index contributed by atoms with van der Waals surface area (Å²) >= 11 is 0. The molecule has 94 valence electrons. The first-order valence-electron chi connectivity index (χ1n) is 5.37. The van der Waals surface area contributed by atoms with Gasteiger partial charge < -0.3 is 4.90 Å². The fraction of sp³-hybridized carbons (Fsp3) is 0.538. The first kappa shape index (κ1) is 20.1. The largest absolute Gasteiger partial charge is 0.344 e. The van der Waals surface area contributed by atoms with Crippen molar-refractivity contribution in [3.8, 4) is 0 Å². The Balaban J connectivity index is -0.000000305. The highest BCUT2D eigenvalue weighted by molar-refractivity contribution is 5.46. The molecule has 0 fully saturated rings. The number of carbonyl (C=O) groups excluding carboxylic acids is 1. The van der Waals surface area contributed by atoms with E-state index in [1.807, 2.05) is 39.8 Å². The van der Waals surface area contributed by atoms with Gasteiger partial charge in [0.05, 0.1) is 0 Å². The molecule has 0 aliphatic heterocycles. The van der Waals surface area contributed by atoms with Gasteiger partial charge in [-0.05, 0) is 11.6 Å². The number of carbonyl (C=O) groups is 1. The van der Waals surface area contributed by atoms with Crippen LogP contribution in [0.1, 0.15) is 40.7 Å². The van der Waals surface area contributed by atoms with Crippen LogP contribution in [0.15, 0.2) is 24.5 Å². The summed E-state index contributed by atoms with van der Waals surface area (Å²) in [7, 11) is 1.74. The van der Waals surface area contributed by atoms with Crippen LogP contribution < -0.4 is 0 Å². The van der Waals surface area contributed by atoms with Gasteiger partial charge in [-0.15, -0.1) is 0 Å². The molecule has 0 aliphatic carbocycles. The summed E-state index contributed by atoms with van der Waals surface area (Å²) < 4.78 is 0. The predicted octanol–water partition coefficient (Wildman–Crippen LogP) is 3.36. The number of pyridine rings is 1. The maximum absolute atomic E-state index is 10.2. The molecule has 0 radical (unpaired) electrons. The third-order valence-corrected chi connectivity index (χ3v) is 1.33. The third-order valence-electron chi connectivity index (χ3n) is 1.33. The van der Waals surface area contributed by atoms with E-state index in [-0.39, 0.29) is 7.43 Å². The predicted molar refractivity (Wildman–Crippen MR) is 71.2 cm³/mol. The van der Waals surface area contributed by atoms with Gasteiger partial charge in [0.2, 0.25) is 6.41 Å². The summed E-state index contributed by atoms with van der Waals surface area (Å²) in [5.74, 6) is 0. The van der Waals surface area contributed by atoms with Crippen LogP contribution in [0.25, 0.3) is 0 Å². The average molecular weight is 226 g/mol. The number of amides is 1. The summed E-state index contributed by atoms with van der Waals surface area (Å²) in [6.45, 7) is 8.62. The van der Waals surface area contributed by atoms with E-state index in [1.54, 1.807) is 24.3 Å². The lowest BCUT2D eigenvalue weighted by atomic mass is 10.3. The van der Waals surface area contributed by atoms with E-state index < -0.39 is 0 Å². The summed E-state index contributed by atoms with van der Waals surface area (Å²) in [5, 5.41) is 0. The highest BCUT2D eigenvalue weighted by Crippen LogP contribution is 1.97. The Hall–Kier alpha value is -1.38. The molecule has 0 aromatic carbocycles. The maximum Gasteiger partial charge on any atom is 0.209 e. The SMILES string of the molecule is C.CC.CC.CN(C=O)Cc1cccnc1. The number of hydrogen-bond donors (Lipinski definition) is 0. The number of rotatable bonds is 3. The minimum absolute atomic E-state index is 0. The standard InChI is InChI=1S/C8H10N2O.2C2H6.CH4/c1-10(7-11)6-8-3-2-4-9-5-8;2*1-2;/h2-5,7H,6H2,1H3;2*1-2H3;1H4. The second-order valence-electron chi connectivity index (χ2n) is 2.38. The van der Waals surface area contributed by atoms with Gasteiger partial charge in [-0.1, -0.05) is 41.2 Å². The van der Waals surface area contributed by atoms with E-state index >= 15 is 0 Å². The molecular formula is C13H26N2O. The lowest BCUT2D eigenvalue weighted by molar-refractivity contribution is -0.117. The molecule has 0 atom stereocenters. The first-order valence-corrected chi connectivity index (χ1v) is 5.37. The minimum atomic E-state index is 0. The summed E-state index contributed by atoms with van der Waals surface area (Å²) in [5.41, 5.74) is 1.04. The highest BCUT2D eigenvalue weighted by Gasteiger charge is 1.94. The molecule has 3 heteroatoms. The van der Waals surface area contributed by atoms with Crippen LogP contribution in [0.2, 0.25) is 0 Å². The molecule has 0 saturated carbocycles. The van der Waals surface area contributed by atoms with Crippen molar-refractivity contribution in [3.63, 3.8) is 0 Å². The fourth-order valence-corrected chi connectivity index (χ4v) is 0.817. The fourth-order valence-electron chi connectivity index (χ4n) is 0.817. The smallest absolute Gasteiger partial charge is 0.209 e. The van der Waals surface area contributed by atoms with Crippen LogP contribution in [-0.2, 0) is 11.3 Å². The van der Waals surface area contributed by atoms with Crippen molar-refractivity contribution in [1.29, 1.82) is 0 Å². The van der Waals surface area contributed by atoms with Crippen molar-refractivity contribution in [2.75, 3.05) is 7.05 Å². The summed E-state index contributed by atoms with van der Waals surface area (Å²) in [6, 6.07) is 3.79. The van der Waals surface area contributed by atoms with E-state index in [1.165, 1.54) is 0 Å². The molecule has 0 bridgehead atoms. The number of nitrogens with zero attached hydrogens (tertiary/aromatic N) is 2. The van der Waals surface area contributed by atoms with Crippen molar-refractivity contribution in [3.05, 3.63) is 30.1 Å². The van der Waals surface area contributed by atoms with Gasteiger partial charge in [0.1, 0.15) is 0 Å². The maximum atomic E-state index is 10.2. The Labute approximate surface area is 101 Å². The van der Waals surface area contributed by atoms with Gasteiger partial charge in [0, 0.05) is 26.0 Å². The van der Waals surface area contributed by atoms with Crippen molar-refractivity contribution in [2.24, 2.45) is 0 Å². The van der Waals surface area contributed by atoms with Crippen LogP contribution in [0, 0.1) is 0 Å². The van der Waals surface area contributed by atoms with Gasteiger partial charge in [-0.2, -0.15) is 0 Å². The number of aromatic nitrogens is 1. The lowest BCUT2D eigenvalue weighted by Crippen LogP contribution is -2.14. The molecule has 0 saturated heterocycles. The van der Waals surface area contributed by atoms with E-state index in [4.69, 9.17) is 0 Å². The molecule has 0 aliphatic rings. The van der Waals surface area contributed by atoms with E-state index in [2.05, 4.69) is 4.98 Å². The van der Waals surface area contributed by atoms with Crippen molar-refractivity contribution in [2.45, 2.75) is 41.7 Å². The van der Waals surface area contributed by atoms with Crippen LogP contribution in [-0.4, -0.2) is 23.3 Å². The molecule has 0 spiro atoms. The molecule has 1 rings (SSSR count). The van der Waals surface area contributed by atoms with Gasteiger partial charge in [0.25, 0.3) is 0 Å². The summed E-state index contributed by atoms with van der Waals surface area (Å²) in [6.07, 6.45) is 4.26. The first-order chi connectivity index (χ1) is 7.33. The Morgan fingerprint density at radius 3 is 2.25 bits per heavy atom. The molecule has 1 heterocycles. The number of hydrogen-bond acceptors (Lipinski definition) is 2. The van der Waals surface area contributed by atoms with Crippen molar-refractivity contribution in [1.82, 2.24) is 9.88 Å². The zero-order chi connectivity index (χ0) is 12.1. The van der Waals surface area contributed by atoms with Gasteiger partial charge >= 0.3 is 0 Å². The zero-order valence-electron chi connectivity index (χ0n) is 10.4. The monoisotopic (exact) mass is 226 g/mol. The average Bonchev–Trinajstić information content (AvgIpc) is 2.35. The van der Waals surface area contributed by atoms with Crippen LogP contribution in [0.4, 0.5) is 0 Å². The van der Waals surface area contributed by atoms with Gasteiger partial charge in [0.15, 0.2) is 0 Å². The third kappa shape index (κ3) is 10.7. The van der Waals surface area contributed by atoms with E-state index in [9.17, 15) is 4.79 Å². The molecule has 1 amide bonds. The second kappa shape index (κ2) is 16.1. The minimum Gasteiger partial charge on any atom is -0.344 e. The molecule has 0 N–H and O–H groups in total. The van der Waals surface area contributed by atoms with Crippen molar-refractivity contribution >= 4 is 6.41 Å². The Kier molecular flexibility index (Phi) is 20.2.